The number of aromatic nitrogens is 2. The highest BCUT2D eigenvalue weighted by Crippen LogP contribution is 2.36. The summed E-state index contributed by atoms with van der Waals surface area (Å²) in [7, 11) is 3.81. The number of aromatic hydroxyl groups is 1. The number of H-pyrrole nitrogens is 1. The monoisotopic (exact) mass is 561 g/mol. The first-order chi connectivity index (χ1) is 20.5. The van der Waals surface area contributed by atoms with Crippen LogP contribution in [0.1, 0.15) is 15.9 Å². The second-order valence-corrected chi connectivity index (χ2v) is 10.8. The molecule has 1 amide bonds. The third-order valence-electron chi connectivity index (χ3n) is 7.94. The van der Waals surface area contributed by atoms with E-state index in [1.54, 1.807) is 25.3 Å². The normalized spacial score (nSPS) is 14.2. The van der Waals surface area contributed by atoms with Gasteiger partial charge in [-0.05, 0) is 73.1 Å². The van der Waals surface area contributed by atoms with Crippen LogP contribution < -0.4 is 10.1 Å². The van der Waals surface area contributed by atoms with Crippen LogP contribution in [-0.2, 0) is 6.42 Å². The van der Waals surface area contributed by atoms with Crippen molar-refractivity contribution in [1.29, 1.82) is 0 Å². The summed E-state index contributed by atoms with van der Waals surface area (Å²) in [6, 6.07) is 26.6. The molecule has 1 aromatic heterocycles. The van der Waals surface area contributed by atoms with Gasteiger partial charge in [0.2, 0.25) is 0 Å². The van der Waals surface area contributed by atoms with E-state index in [1.165, 1.54) is 5.56 Å². The van der Waals surface area contributed by atoms with Gasteiger partial charge in [-0.2, -0.15) is 0 Å². The fourth-order valence-corrected chi connectivity index (χ4v) is 5.37. The SMILES string of the molecule is COc1ccccc1-c1ccc(O)c(-c2nc3cc(C(=O)Nc4ccc(CCN5CCN(C)CC5)cc4)ccc3[nH]2)c1. The first-order valence-electron chi connectivity index (χ1n) is 14.2. The van der Waals surface area contributed by atoms with E-state index in [9.17, 15) is 9.90 Å². The Kier molecular flexibility index (Phi) is 7.90. The van der Waals surface area contributed by atoms with Crippen molar-refractivity contribution in [3.63, 3.8) is 0 Å². The van der Waals surface area contributed by atoms with Gasteiger partial charge in [0.25, 0.3) is 5.91 Å². The molecule has 214 valence electrons. The van der Waals surface area contributed by atoms with E-state index < -0.39 is 0 Å². The fourth-order valence-electron chi connectivity index (χ4n) is 5.37. The lowest BCUT2D eigenvalue weighted by molar-refractivity contribution is 0.102. The fraction of sp³-hybridized carbons (Fsp3) is 0.235. The van der Waals surface area contributed by atoms with Crippen LogP contribution >= 0.6 is 0 Å². The van der Waals surface area contributed by atoms with Crippen LogP contribution in [0.2, 0.25) is 0 Å². The topological polar surface area (TPSA) is 93.7 Å². The molecule has 1 saturated heterocycles. The number of ether oxygens (including phenoxy) is 1. The lowest BCUT2D eigenvalue weighted by Crippen LogP contribution is -2.45. The molecule has 6 rings (SSSR count). The standard InChI is InChI=1S/C34H35N5O3/c1-38-17-19-39(20-18-38)16-15-23-7-11-26(12-8-23)35-34(41)25-9-13-29-30(22-25)37-33(36-29)28-21-24(10-14-31(28)40)27-5-3-4-6-32(27)42-2/h3-14,21-22,40H,15-20H2,1-2H3,(H,35,41)(H,36,37). The van der Waals surface area contributed by atoms with Crippen molar-refractivity contribution in [3.05, 3.63) is 96.1 Å². The number of phenols is 1. The lowest BCUT2D eigenvalue weighted by Gasteiger charge is -2.32. The Morgan fingerprint density at radius 1 is 0.952 bits per heavy atom. The Morgan fingerprint density at radius 3 is 2.52 bits per heavy atom. The lowest BCUT2D eigenvalue weighted by atomic mass is 10.0. The molecule has 0 spiro atoms. The summed E-state index contributed by atoms with van der Waals surface area (Å²) >= 11 is 0. The number of anilines is 1. The minimum atomic E-state index is -0.201. The average Bonchev–Trinajstić information content (AvgIpc) is 3.45. The summed E-state index contributed by atoms with van der Waals surface area (Å²) in [5, 5.41) is 13.7. The molecule has 0 bridgehead atoms. The zero-order valence-electron chi connectivity index (χ0n) is 23.9. The number of piperazine rings is 1. The van der Waals surface area contributed by atoms with E-state index in [0.717, 1.165) is 67.2 Å². The van der Waals surface area contributed by atoms with Crippen molar-refractivity contribution < 1.29 is 14.6 Å². The van der Waals surface area contributed by atoms with E-state index in [0.29, 0.717) is 22.5 Å². The van der Waals surface area contributed by atoms with Crippen LogP contribution in [0, 0.1) is 0 Å². The number of carbonyl (C=O) groups is 1. The average molecular weight is 562 g/mol. The maximum Gasteiger partial charge on any atom is 0.255 e. The minimum Gasteiger partial charge on any atom is -0.507 e. The van der Waals surface area contributed by atoms with Crippen molar-refractivity contribution in [2.45, 2.75) is 6.42 Å². The first kappa shape index (κ1) is 27.5. The van der Waals surface area contributed by atoms with Crippen LogP contribution in [0.5, 0.6) is 11.5 Å². The number of phenolic OH excluding ortho intramolecular Hbond substituents is 1. The largest absolute Gasteiger partial charge is 0.507 e. The van der Waals surface area contributed by atoms with Gasteiger partial charge in [-0.1, -0.05) is 36.4 Å². The predicted octanol–water partition coefficient (Wildman–Crippen LogP) is 5.65. The molecule has 1 fully saturated rings. The molecule has 8 heteroatoms. The van der Waals surface area contributed by atoms with E-state index in [2.05, 4.69) is 39.3 Å². The highest BCUT2D eigenvalue weighted by Gasteiger charge is 2.16. The van der Waals surface area contributed by atoms with Crippen molar-refractivity contribution in [3.8, 4) is 34.0 Å². The number of amides is 1. The van der Waals surface area contributed by atoms with Crippen molar-refractivity contribution in [2.24, 2.45) is 0 Å². The molecule has 0 aliphatic carbocycles. The molecule has 42 heavy (non-hydrogen) atoms. The molecule has 1 aliphatic rings. The number of methoxy groups -OCH3 is 1. The van der Waals surface area contributed by atoms with E-state index >= 15 is 0 Å². The van der Waals surface area contributed by atoms with Crippen molar-refractivity contribution in [1.82, 2.24) is 19.8 Å². The van der Waals surface area contributed by atoms with Crippen LogP contribution in [0.4, 0.5) is 5.69 Å². The Hall–Kier alpha value is -4.66. The molecule has 5 aromatic rings. The molecule has 2 heterocycles. The highest BCUT2D eigenvalue weighted by molar-refractivity contribution is 6.06. The molecule has 0 atom stereocenters. The molecular weight excluding hydrogens is 526 g/mol. The second kappa shape index (κ2) is 12.1. The number of benzene rings is 4. The molecule has 0 saturated carbocycles. The van der Waals surface area contributed by atoms with Crippen LogP contribution in [-0.4, -0.2) is 77.7 Å². The molecule has 1 aliphatic heterocycles. The number of carbonyl (C=O) groups excluding carboxylic acids is 1. The summed E-state index contributed by atoms with van der Waals surface area (Å²) < 4.78 is 5.52. The summed E-state index contributed by atoms with van der Waals surface area (Å²) in [5.74, 6) is 1.17. The molecule has 4 aromatic carbocycles. The summed E-state index contributed by atoms with van der Waals surface area (Å²) in [4.78, 5) is 25.9. The van der Waals surface area contributed by atoms with Crippen LogP contribution in [0.3, 0.4) is 0 Å². The zero-order chi connectivity index (χ0) is 29.1. The van der Waals surface area contributed by atoms with Gasteiger partial charge in [-0.25, -0.2) is 4.98 Å². The van der Waals surface area contributed by atoms with Crippen molar-refractivity contribution in [2.75, 3.05) is 52.2 Å². The first-order valence-corrected chi connectivity index (χ1v) is 14.2. The summed E-state index contributed by atoms with van der Waals surface area (Å²) in [5.41, 5.74) is 6.30. The van der Waals surface area contributed by atoms with Gasteiger partial charge in [-0.15, -0.1) is 0 Å². The van der Waals surface area contributed by atoms with Gasteiger partial charge in [0.1, 0.15) is 17.3 Å². The number of rotatable bonds is 8. The van der Waals surface area contributed by atoms with E-state index in [4.69, 9.17) is 9.72 Å². The third-order valence-corrected chi connectivity index (χ3v) is 7.94. The third kappa shape index (κ3) is 6.00. The number of nitrogens with zero attached hydrogens (tertiary/aromatic N) is 3. The number of imidazole rings is 1. The van der Waals surface area contributed by atoms with Gasteiger partial charge in [0.15, 0.2) is 0 Å². The number of hydrogen-bond donors (Lipinski definition) is 3. The van der Waals surface area contributed by atoms with Gasteiger partial charge in [0, 0.05) is 49.5 Å². The Morgan fingerprint density at radius 2 is 1.74 bits per heavy atom. The summed E-state index contributed by atoms with van der Waals surface area (Å²) in [6.07, 6.45) is 0.994. The molecular formula is C34H35N5O3. The number of aromatic amines is 1. The van der Waals surface area contributed by atoms with Gasteiger partial charge in [-0.3, -0.25) is 4.79 Å². The number of likely N-dealkylation sites (N-methyl/N-ethyl adjacent to an activating group) is 1. The summed E-state index contributed by atoms with van der Waals surface area (Å²) in [6.45, 7) is 5.52. The predicted molar refractivity (Wildman–Crippen MR) is 167 cm³/mol. The molecule has 8 nitrogen and oxygen atoms in total. The van der Waals surface area contributed by atoms with Crippen LogP contribution in [0.15, 0.2) is 84.9 Å². The Labute approximate surface area is 245 Å². The molecule has 0 unspecified atom stereocenters. The van der Waals surface area contributed by atoms with Crippen molar-refractivity contribution >= 4 is 22.6 Å². The zero-order valence-corrected chi connectivity index (χ0v) is 23.9. The number of hydrogen-bond acceptors (Lipinski definition) is 6. The maximum atomic E-state index is 13.1. The number of para-hydroxylation sites is 1. The Balaban J connectivity index is 1.15. The van der Waals surface area contributed by atoms with Gasteiger partial charge < -0.3 is 29.9 Å². The number of fused-ring (bicyclic) bond motifs is 1. The smallest absolute Gasteiger partial charge is 0.255 e. The van der Waals surface area contributed by atoms with Gasteiger partial charge in [0.05, 0.1) is 23.7 Å². The maximum absolute atomic E-state index is 13.1. The molecule has 3 N–H and O–H groups in total. The Bertz CT molecular complexity index is 1700. The molecule has 0 radical (unpaired) electrons. The van der Waals surface area contributed by atoms with E-state index in [-0.39, 0.29) is 11.7 Å². The second-order valence-electron chi connectivity index (χ2n) is 10.8. The quantitative estimate of drug-likeness (QED) is 0.227. The van der Waals surface area contributed by atoms with E-state index in [1.807, 2.05) is 54.6 Å². The minimum absolute atomic E-state index is 0.109. The number of nitrogens with one attached hydrogen (secondary N) is 2. The van der Waals surface area contributed by atoms with Gasteiger partial charge >= 0.3 is 0 Å². The van der Waals surface area contributed by atoms with Crippen LogP contribution in [0.25, 0.3) is 33.5 Å². The highest BCUT2D eigenvalue weighted by atomic mass is 16.5.